The maximum atomic E-state index is 13.7. The first-order chi connectivity index (χ1) is 19.1. The van der Waals surface area contributed by atoms with Crippen LogP contribution >= 0.6 is 0 Å². The minimum atomic E-state index is -3.21. The molecule has 4 aromatic rings. The molecular formula is C27H22F3N5O5. The number of hydrogen-bond acceptors (Lipinski definition) is 6. The number of carbonyl (C=O) groups is 3. The molecule has 1 aliphatic carbocycles. The second-order valence-electron chi connectivity index (χ2n) is 9.13. The second-order valence-corrected chi connectivity index (χ2v) is 9.13. The van der Waals surface area contributed by atoms with Crippen molar-refractivity contribution < 1.29 is 37.4 Å². The van der Waals surface area contributed by atoms with Gasteiger partial charge in [-0.15, -0.1) is 0 Å². The average molecular weight is 553 g/mol. The van der Waals surface area contributed by atoms with Crippen molar-refractivity contribution >= 4 is 23.4 Å². The summed E-state index contributed by atoms with van der Waals surface area (Å²) >= 11 is 0. The van der Waals surface area contributed by atoms with Crippen LogP contribution in [-0.4, -0.2) is 44.1 Å². The van der Waals surface area contributed by atoms with Gasteiger partial charge in [0.2, 0.25) is 0 Å². The summed E-state index contributed by atoms with van der Waals surface area (Å²) in [5.74, 6) is -3.82. The fraction of sp³-hybridized carbons (Fsp3) is 0.222. The van der Waals surface area contributed by atoms with Crippen molar-refractivity contribution in [3.63, 3.8) is 0 Å². The Morgan fingerprint density at radius 2 is 1.95 bits per heavy atom. The highest BCUT2D eigenvalue weighted by Gasteiger charge is 2.29. The van der Waals surface area contributed by atoms with Gasteiger partial charge in [-0.3, -0.25) is 9.59 Å². The molecule has 40 heavy (non-hydrogen) atoms. The molecule has 0 bridgehead atoms. The van der Waals surface area contributed by atoms with Gasteiger partial charge >= 0.3 is 12.6 Å². The molecule has 3 N–H and O–H groups in total. The van der Waals surface area contributed by atoms with Crippen LogP contribution in [0.15, 0.2) is 48.7 Å². The van der Waals surface area contributed by atoms with Gasteiger partial charge in [0.25, 0.3) is 11.8 Å². The number of alkyl halides is 2. The number of carboxylic acid groups (broad SMARTS) is 1. The lowest BCUT2D eigenvalue weighted by Crippen LogP contribution is -2.30. The standard InChI is InChI=1S/C27H22F3N5O5/c1-13-15-5-7-19(17(15)4-3-16(13)26(38)39)34-25(37)21-11-20(33-23-8-9-32-35(21)23)24(36)31-12-14-2-6-18(28)22(10-14)40-27(29)30/h2-4,6,8-11,19,27H,5,7,12H2,1H3,(H,31,36)(H,34,37)(H,38,39)/t19-/m0/s1. The normalized spacial score (nSPS) is 14.3. The van der Waals surface area contributed by atoms with E-state index in [1.54, 1.807) is 13.0 Å². The minimum Gasteiger partial charge on any atom is -0.478 e. The van der Waals surface area contributed by atoms with Crippen LogP contribution in [-0.2, 0) is 13.0 Å². The number of fused-ring (bicyclic) bond motifs is 2. The fourth-order valence-corrected chi connectivity index (χ4v) is 4.80. The quantitative estimate of drug-likeness (QED) is 0.302. The van der Waals surface area contributed by atoms with E-state index in [9.17, 15) is 32.7 Å². The lowest BCUT2D eigenvalue weighted by atomic mass is 9.98. The number of benzene rings is 2. The first-order valence-corrected chi connectivity index (χ1v) is 12.1. The molecule has 0 saturated carbocycles. The first-order valence-electron chi connectivity index (χ1n) is 12.1. The van der Waals surface area contributed by atoms with E-state index in [2.05, 4.69) is 25.5 Å². The maximum Gasteiger partial charge on any atom is 0.387 e. The number of nitrogens with zero attached hydrogens (tertiary/aromatic N) is 3. The molecule has 1 aliphatic rings. The van der Waals surface area contributed by atoms with E-state index in [0.29, 0.717) is 24.0 Å². The highest BCUT2D eigenvalue weighted by molar-refractivity contribution is 5.98. The molecule has 13 heteroatoms. The van der Waals surface area contributed by atoms with Crippen LogP contribution in [0.5, 0.6) is 5.75 Å². The molecule has 2 heterocycles. The van der Waals surface area contributed by atoms with E-state index in [0.717, 1.165) is 23.3 Å². The molecule has 0 radical (unpaired) electrons. The number of halogens is 3. The molecule has 5 rings (SSSR count). The van der Waals surface area contributed by atoms with Gasteiger partial charge in [-0.2, -0.15) is 13.9 Å². The maximum absolute atomic E-state index is 13.7. The average Bonchev–Trinajstić information content (AvgIpc) is 3.55. The summed E-state index contributed by atoms with van der Waals surface area (Å²) in [6, 6.07) is 8.94. The monoisotopic (exact) mass is 553 g/mol. The molecule has 2 aromatic carbocycles. The molecule has 0 spiro atoms. The lowest BCUT2D eigenvalue weighted by Gasteiger charge is -2.16. The van der Waals surface area contributed by atoms with Crippen LogP contribution in [0.25, 0.3) is 5.65 Å². The molecule has 206 valence electrons. The lowest BCUT2D eigenvalue weighted by molar-refractivity contribution is -0.0522. The molecule has 0 unspecified atom stereocenters. The van der Waals surface area contributed by atoms with E-state index < -0.39 is 36.0 Å². The van der Waals surface area contributed by atoms with Gasteiger partial charge in [0, 0.05) is 18.7 Å². The van der Waals surface area contributed by atoms with Crippen molar-refractivity contribution in [1.29, 1.82) is 0 Å². The molecule has 0 aliphatic heterocycles. The van der Waals surface area contributed by atoms with Gasteiger partial charge < -0.3 is 20.5 Å². The largest absolute Gasteiger partial charge is 0.478 e. The molecule has 0 fully saturated rings. The van der Waals surface area contributed by atoms with Crippen molar-refractivity contribution in [3.05, 3.63) is 93.7 Å². The van der Waals surface area contributed by atoms with Crippen molar-refractivity contribution in [3.8, 4) is 5.75 Å². The Bertz CT molecular complexity index is 1660. The van der Waals surface area contributed by atoms with Gasteiger partial charge in [-0.05, 0) is 60.2 Å². The number of ether oxygens (including phenoxy) is 1. The third-order valence-corrected chi connectivity index (χ3v) is 6.72. The van der Waals surface area contributed by atoms with Gasteiger partial charge in [-0.1, -0.05) is 12.1 Å². The number of carbonyl (C=O) groups excluding carboxylic acids is 2. The van der Waals surface area contributed by atoms with Crippen LogP contribution in [0.2, 0.25) is 0 Å². The van der Waals surface area contributed by atoms with Gasteiger partial charge in [0.1, 0.15) is 11.4 Å². The van der Waals surface area contributed by atoms with Crippen molar-refractivity contribution in [2.24, 2.45) is 0 Å². The van der Waals surface area contributed by atoms with Crippen LogP contribution < -0.4 is 15.4 Å². The predicted molar refractivity (Wildman–Crippen MR) is 134 cm³/mol. The summed E-state index contributed by atoms with van der Waals surface area (Å²) < 4.78 is 44.1. The molecule has 10 nitrogen and oxygen atoms in total. The Labute approximate surface area is 224 Å². The molecule has 1 atom stereocenters. The van der Waals surface area contributed by atoms with E-state index in [-0.39, 0.29) is 35.2 Å². The minimum absolute atomic E-state index is 0.0434. The predicted octanol–water partition coefficient (Wildman–Crippen LogP) is 3.82. The Kier molecular flexibility index (Phi) is 7.11. The fourth-order valence-electron chi connectivity index (χ4n) is 4.80. The van der Waals surface area contributed by atoms with Crippen LogP contribution in [0.4, 0.5) is 13.2 Å². The summed E-state index contributed by atoms with van der Waals surface area (Å²) in [6.45, 7) is -1.62. The molecule has 0 saturated heterocycles. The Morgan fingerprint density at radius 3 is 2.70 bits per heavy atom. The highest BCUT2D eigenvalue weighted by atomic mass is 19.3. The summed E-state index contributed by atoms with van der Waals surface area (Å²) in [5, 5.41) is 19.0. The first kappa shape index (κ1) is 26.7. The van der Waals surface area contributed by atoms with Crippen LogP contribution in [0.3, 0.4) is 0 Å². The van der Waals surface area contributed by atoms with E-state index >= 15 is 0 Å². The topological polar surface area (TPSA) is 135 Å². The van der Waals surface area contributed by atoms with Crippen LogP contribution in [0.1, 0.15) is 66.1 Å². The number of nitrogens with one attached hydrogen (secondary N) is 2. The second kappa shape index (κ2) is 10.7. The summed E-state index contributed by atoms with van der Waals surface area (Å²) in [4.78, 5) is 42.0. The zero-order chi connectivity index (χ0) is 28.6. The van der Waals surface area contributed by atoms with Crippen molar-refractivity contribution in [1.82, 2.24) is 25.2 Å². The number of aromatic nitrogens is 3. The zero-order valence-electron chi connectivity index (χ0n) is 21.0. The number of hydrogen-bond donors (Lipinski definition) is 3. The SMILES string of the molecule is Cc1c(C(=O)O)ccc2c1CC[C@@H]2NC(=O)c1cc(C(=O)NCc2ccc(F)c(OC(F)F)c2)nc2ccnn12. The summed E-state index contributed by atoms with van der Waals surface area (Å²) in [5.41, 5.74) is 3.07. The van der Waals surface area contributed by atoms with E-state index in [4.69, 9.17) is 0 Å². The summed E-state index contributed by atoms with van der Waals surface area (Å²) in [7, 11) is 0. The number of aromatic carboxylic acids is 1. The smallest absolute Gasteiger partial charge is 0.387 e. The number of rotatable bonds is 8. The van der Waals surface area contributed by atoms with E-state index in [1.807, 2.05) is 0 Å². The highest BCUT2D eigenvalue weighted by Crippen LogP contribution is 2.35. The Balaban J connectivity index is 1.35. The molecule has 2 amide bonds. The molecule has 2 aromatic heterocycles. The van der Waals surface area contributed by atoms with Crippen LogP contribution in [0, 0.1) is 12.7 Å². The van der Waals surface area contributed by atoms with Gasteiger partial charge in [0.15, 0.2) is 17.2 Å². The number of carboxylic acids is 1. The van der Waals surface area contributed by atoms with Crippen molar-refractivity contribution in [2.75, 3.05) is 0 Å². The summed E-state index contributed by atoms with van der Waals surface area (Å²) in [6.07, 6.45) is 2.59. The van der Waals surface area contributed by atoms with Gasteiger partial charge in [-0.25, -0.2) is 18.7 Å². The zero-order valence-corrected chi connectivity index (χ0v) is 21.0. The van der Waals surface area contributed by atoms with Gasteiger partial charge in [0.05, 0.1) is 17.8 Å². The van der Waals surface area contributed by atoms with E-state index in [1.165, 1.54) is 35.0 Å². The third-order valence-electron chi connectivity index (χ3n) is 6.72. The third kappa shape index (κ3) is 5.17. The number of amides is 2. The Morgan fingerprint density at radius 1 is 1.15 bits per heavy atom. The van der Waals surface area contributed by atoms with Crippen molar-refractivity contribution in [2.45, 2.75) is 39.0 Å². The molecular weight excluding hydrogens is 531 g/mol. The Hall–Kier alpha value is -4.94.